The Morgan fingerprint density at radius 1 is 1.57 bits per heavy atom. The number of halogens is 2. The van der Waals surface area contributed by atoms with E-state index >= 15 is 0 Å². The molecule has 4 heteroatoms. The maximum Gasteiger partial charge on any atom is 0.315 e. The Bertz CT molecular complexity index is 418. The lowest BCUT2D eigenvalue weighted by molar-refractivity contribution is -0.135. The highest BCUT2D eigenvalue weighted by atomic mass is 79.9. The third kappa shape index (κ3) is 3.19. The quantitative estimate of drug-likeness (QED) is 0.784. The van der Waals surface area contributed by atoms with Gasteiger partial charge in [-0.25, -0.2) is 4.39 Å². The average molecular weight is 257 g/mol. The largest absolute Gasteiger partial charge is 0.481 e. The zero-order chi connectivity index (χ0) is 10.6. The number of hydrogen-bond donors (Lipinski definition) is 1. The fraction of sp³-hybridized carbons (Fsp3) is 0.100. The summed E-state index contributed by atoms with van der Waals surface area (Å²) in [7, 11) is 0. The molecule has 0 unspecified atom stereocenters. The van der Waals surface area contributed by atoms with Crippen LogP contribution >= 0.6 is 15.9 Å². The summed E-state index contributed by atoms with van der Waals surface area (Å²) in [6.45, 7) is 0. The maximum absolute atomic E-state index is 12.7. The summed E-state index contributed by atoms with van der Waals surface area (Å²) in [5.74, 6) is 3.60. The van der Waals surface area contributed by atoms with Crippen molar-refractivity contribution in [1.29, 1.82) is 0 Å². The normalized spacial score (nSPS) is 9.00. The van der Waals surface area contributed by atoms with Gasteiger partial charge in [0.05, 0.1) is 0 Å². The maximum atomic E-state index is 12.7. The van der Waals surface area contributed by atoms with E-state index in [0.717, 1.165) is 0 Å². The van der Waals surface area contributed by atoms with E-state index in [1.165, 1.54) is 18.2 Å². The van der Waals surface area contributed by atoms with Crippen LogP contribution in [0.2, 0.25) is 0 Å². The average Bonchev–Trinajstić information content (AvgIpc) is 2.10. The van der Waals surface area contributed by atoms with Crippen molar-refractivity contribution in [3.63, 3.8) is 0 Å². The Kier molecular flexibility index (Phi) is 3.66. The molecule has 0 bridgehead atoms. The molecule has 1 aromatic rings. The third-order valence-corrected chi connectivity index (χ3v) is 2.08. The van der Waals surface area contributed by atoms with Gasteiger partial charge in [0.15, 0.2) is 0 Å². The summed E-state index contributed by atoms with van der Waals surface area (Å²) < 4.78 is 13.4. The molecule has 1 N–H and O–H groups in total. The van der Waals surface area contributed by atoms with Gasteiger partial charge in [0.25, 0.3) is 0 Å². The molecular weight excluding hydrogens is 251 g/mol. The summed E-state index contributed by atoms with van der Waals surface area (Å²) in [5.41, 5.74) is 0.450. The third-order valence-electron chi connectivity index (χ3n) is 1.39. The number of carboxylic acids is 1. The van der Waals surface area contributed by atoms with Crippen molar-refractivity contribution in [1.82, 2.24) is 0 Å². The minimum absolute atomic E-state index is 0.247. The van der Waals surface area contributed by atoms with Gasteiger partial charge in [0.2, 0.25) is 0 Å². The van der Waals surface area contributed by atoms with Crippen LogP contribution in [0.3, 0.4) is 0 Å². The highest BCUT2D eigenvalue weighted by Gasteiger charge is 1.98. The van der Waals surface area contributed by atoms with Crippen LogP contribution in [-0.4, -0.2) is 11.1 Å². The lowest BCUT2D eigenvalue weighted by Crippen LogP contribution is -1.90. The molecule has 0 aliphatic heterocycles. The SMILES string of the molecule is O=C(O)CC#Cc1cc(F)ccc1Br. The molecule has 0 spiro atoms. The monoisotopic (exact) mass is 256 g/mol. The van der Waals surface area contributed by atoms with Crippen LogP contribution in [0.5, 0.6) is 0 Å². The lowest BCUT2D eigenvalue weighted by Gasteiger charge is -1.94. The Morgan fingerprint density at radius 2 is 2.29 bits per heavy atom. The van der Waals surface area contributed by atoms with E-state index in [4.69, 9.17) is 5.11 Å². The molecule has 0 amide bonds. The van der Waals surface area contributed by atoms with Crippen molar-refractivity contribution in [2.75, 3.05) is 0 Å². The van der Waals surface area contributed by atoms with Gasteiger partial charge in [0, 0.05) is 10.0 Å². The van der Waals surface area contributed by atoms with Crippen LogP contribution in [-0.2, 0) is 4.79 Å². The van der Waals surface area contributed by atoms with E-state index in [1.807, 2.05) is 0 Å². The van der Waals surface area contributed by atoms with Gasteiger partial charge in [-0.15, -0.1) is 0 Å². The zero-order valence-corrected chi connectivity index (χ0v) is 8.64. The summed E-state index contributed by atoms with van der Waals surface area (Å²) >= 11 is 3.18. The van der Waals surface area contributed by atoms with Crippen LogP contribution in [0, 0.1) is 17.7 Å². The van der Waals surface area contributed by atoms with Gasteiger partial charge in [0.1, 0.15) is 12.2 Å². The molecular formula is C10H6BrFO2. The first-order valence-corrected chi connectivity index (χ1v) is 4.54. The van der Waals surface area contributed by atoms with E-state index in [9.17, 15) is 9.18 Å². The summed E-state index contributed by atoms with van der Waals surface area (Å²) in [6, 6.07) is 4.07. The summed E-state index contributed by atoms with van der Waals surface area (Å²) in [5, 5.41) is 8.33. The number of aliphatic carboxylic acids is 1. The smallest absolute Gasteiger partial charge is 0.315 e. The van der Waals surface area contributed by atoms with Crippen molar-refractivity contribution in [3.05, 3.63) is 34.1 Å². The van der Waals surface area contributed by atoms with Crippen LogP contribution in [0.15, 0.2) is 22.7 Å². The number of carboxylic acid groups (broad SMARTS) is 1. The van der Waals surface area contributed by atoms with E-state index in [-0.39, 0.29) is 6.42 Å². The number of hydrogen-bond acceptors (Lipinski definition) is 1. The Morgan fingerprint density at radius 3 is 2.93 bits per heavy atom. The van der Waals surface area contributed by atoms with Gasteiger partial charge >= 0.3 is 5.97 Å². The molecule has 14 heavy (non-hydrogen) atoms. The molecule has 0 aliphatic rings. The Hall–Kier alpha value is -1.34. The first-order valence-electron chi connectivity index (χ1n) is 3.75. The molecule has 0 aromatic heterocycles. The highest BCUT2D eigenvalue weighted by molar-refractivity contribution is 9.10. The van der Waals surface area contributed by atoms with E-state index in [0.29, 0.717) is 10.0 Å². The van der Waals surface area contributed by atoms with E-state index in [2.05, 4.69) is 27.8 Å². The fourth-order valence-corrected chi connectivity index (χ4v) is 1.15. The second kappa shape index (κ2) is 4.77. The first-order chi connectivity index (χ1) is 6.59. The van der Waals surface area contributed by atoms with Crippen molar-refractivity contribution in [2.45, 2.75) is 6.42 Å². The summed E-state index contributed by atoms with van der Waals surface area (Å²) in [6.07, 6.45) is -0.247. The molecule has 1 aromatic carbocycles. The second-order valence-corrected chi connectivity index (χ2v) is 3.35. The van der Waals surface area contributed by atoms with E-state index < -0.39 is 11.8 Å². The molecule has 2 nitrogen and oxygen atoms in total. The predicted octanol–water partition coefficient (Wildman–Crippen LogP) is 2.41. The molecule has 0 saturated carbocycles. The zero-order valence-electron chi connectivity index (χ0n) is 7.05. The van der Waals surface area contributed by atoms with Gasteiger partial charge in [-0.1, -0.05) is 11.8 Å². The fourth-order valence-electron chi connectivity index (χ4n) is 0.808. The number of benzene rings is 1. The Labute approximate surface area is 88.9 Å². The van der Waals surface area contributed by atoms with Crippen molar-refractivity contribution in [2.24, 2.45) is 0 Å². The Balaban J connectivity index is 2.88. The van der Waals surface area contributed by atoms with Gasteiger partial charge in [-0.2, -0.15) is 0 Å². The van der Waals surface area contributed by atoms with Gasteiger partial charge < -0.3 is 5.11 Å². The second-order valence-electron chi connectivity index (χ2n) is 2.50. The molecule has 0 fully saturated rings. The number of carbonyl (C=O) groups is 1. The standard InChI is InChI=1S/C10H6BrFO2/c11-9-5-4-8(12)6-7(9)2-1-3-10(13)14/h4-6H,3H2,(H,13,14). The van der Waals surface area contributed by atoms with Gasteiger partial charge in [-0.3, -0.25) is 4.79 Å². The van der Waals surface area contributed by atoms with Crippen LogP contribution in [0.4, 0.5) is 4.39 Å². The topological polar surface area (TPSA) is 37.3 Å². The molecule has 0 heterocycles. The number of rotatable bonds is 1. The van der Waals surface area contributed by atoms with Crippen molar-refractivity contribution >= 4 is 21.9 Å². The molecule has 0 radical (unpaired) electrons. The molecule has 72 valence electrons. The summed E-state index contributed by atoms with van der Waals surface area (Å²) in [4.78, 5) is 10.2. The van der Waals surface area contributed by atoms with E-state index in [1.54, 1.807) is 0 Å². The highest BCUT2D eigenvalue weighted by Crippen LogP contribution is 2.16. The van der Waals surface area contributed by atoms with Crippen LogP contribution in [0.25, 0.3) is 0 Å². The van der Waals surface area contributed by atoms with Crippen LogP contribution < -0.4 is 0 Å². The van der Waals surface area contributed by atoms with Crippen molar-refractivity contribution in [3.8, 4) is 11.8 Å². The van der Waals surface area contributed by atoms with Gasteiger partial charge in [-0.05, 0) is 34.1 Å². The van der Waals surface area contributed by atoms with Crippen LogP contribution in [0.1, 0.15) is 12.0 Å². The first kappa shape index (κ1) is 10.7. The molecule has 0 atom stereocenters. The predicted molar refractivity (Wildman–Crippen MR) is 53.2 cm³/mol. The minimum atomic E-state index is -0.995. The molecule has 0 aliphatic carbocycles. The lowest BCUT2D eigenvalue weighted by atomic mass is 10.2. The molecule has 0 saturated heterocycles. The minimum Gasteiger partial charge on any atom is -0.481 e. The molecule has 1 rings (SSSR count). The van der Waals surface area contributed by atoms with Crippen molar-refractivity contribution < 1.29 is 14.3 Å².